The number of quaternary nitrogens is 1. The summed E-state index contributed by atoms with van der Waals surface area (Å²) in [5.41, 5.74) is 1.51. The first-order valence-electron chi connectivity index (χ1n) is 12.5. The Morgan fingerprint density at radius 1 is 0.594 bits per heavy atom. The van der Waals surface area contributed by atoms with E-state index in [-0.39, 0.29) is 24.8 Å². The van der Waals surface area contributed by atoms with Crippen molar-refractivity contribution < 1.29 is 33.9 Å². The molecule has 32 heavy (non-hydrogen) atoms. The fourth-order valence-electron chi connectivity index (χ4n) is 3.95. The standard InChI is InChI=1S/C19H34N.C9H14N.2ClH/c1-4-7-15-20(16-8-5-2,17-9-6-3)18-19-13-11-10-12-14-19;1-2-3-7-10-8-5-4-6-9-10;;/h10-14H,4-9,15-18H2,1-3H3;4-6,8-9H,2-3,7H2,1H3;2*1H/q2*+1;;/p-2. The Bertz CT molecular complexity index is 598. The first-order valence-corrected chi connectivity index (χ1v) is 12.5. The summed E-state index contributed by atoms with van der Waals surface area (Å²) in [5, 5.41) is 0. The Morgan fingerprint density at radius 3 is 1.47 bits per heavy atom. The molecule has 0 saturated heterocycles. The van der Waals surface area contributed by atoms with Crippen molar-refractivity contribution in [1.82, 2.24) is 0 Å². The van der Waals surface area contributed by atoms with Crippen molar-refractivity contribution in [1.29, 1.82) is 0 Å². The molecule has 0 unspecified atom stereocenters. The molecule has 0 radical (unpaired) electrons. The number of hydrogen-bond donors (Lipinski definition) is 0. The maximum Gasteiger partial charge on any atom is 0.168 e. The summed E-state index contributed by atoms with van der Waals surface area (Å²) in [4.78, 5) is 0. The number of hydrogen-bond acceptors (Lipinski definition) is 0. The topological polar surface area (TPSA) is 3.88 Å². The fraction of sp³-hybridized carbons (Fsp3) is 0.607. The minimum Gasteiger partial charge on any atom is -1.00 e. The van der Waals surface area contributed by atoms with Crippen molar-refractivity contribution in [2.45, 2.75) is 92.2 Å². The molecule has 2 nitrogen and oxygen atoms in total. The van der Waals surface area contributed by atoms with E-state index in [0.29, 0.717) is 0 Å². The third-order valence-electron chi connectivity index (χ3n) is 5.87. The van der Waals surface area contributed by atoms with E-state index in [9.17, 15) is 0 Å². The number of rotatable bonds is 14. The third kappa shape index (κ3) is 14.9. The normalized spacial score (nSPS) is 10.4. The van der Waals surface area contributed by atoms with Gasteiger partial charge >= 0.3 is 0 Å². The van der Waals surface area contributed by atoms with E-state index in [1.54, 1.807) is 0 Å². The third-order valence-corrected chi connectivity index (χ3v) is 5.87. The summed E-state index contributed by atoms with van der Waals surface area (Å²) < 4.78 is 3.52. The highest BCUT2D eigenvalue weighted by Crippen LogP contribution is 2.19. The molecule has 0 aliphatic rings. The summed E-state index contributed by atoms with van der Waals surface area (Å²) in [6.45, 7) is 15.6. The molecule has 0 bridgehead atoms. The van der Waals surface area contributed by atoms with Crippen molar-refractivity contribution in [2.75, 3.05) is 19.6 Å². The summed E-state index contributed by atoms with van der Waals surface area (Å²) in [5.74, 6) is 0. The molecule has 0 fully saturated rings. The molecule has 0 amide bonds. The molecule has 1 aromatic heterocycles. The van der Waals surface area contributed by atoms with E-state index in [4.69, 9.17) is 0 Å². The first kappa shape index (κ1) is 33.1. The molecular formula is C28H48Cl2N2. The smallest absolute Gasteiger partial charge is 0.168 e. The highest BCUT2D eigenvalue weighted by atomic mass is 35.5. The van der Waals surface area contributed by atoms with E-state index >= 15 is 0 Å². The van der Waals surface area contributed by atoms with Crippen LogP contribution in [0, 0.1) is 0 Å². The fourth-order valence-corrected chi connectivity index (χ4v) is 3.95. The minimum absolute atomic E-state index is 0. The maximum absolute atomic E-state index is 2.32. The molecule has 2 aromatic rings. The molecule has 0 atom stereocenters. The van der Waals surface area contributed by atoms with Gasteiger partial charge in [-0.2, -0.15) is 0 Å². The number of nitrogens with zero attached hydrogens (tertiary/aromatic N) is 2. The average Bonchev–Trinajstić information content (AvgIpc) is 2.80. The van der Waals surface area contributed by atoms with E-state index in [1.165, 1.54) is 87.6 Å². The molecule has 2 rings (SSSR count). The van der Waals surface area contributed by atoms with Crippen molar-refractivity contribution in [3.63, 3.8) is 0 Å². The number of unbranched alkanes of at least 4 members (excludes halogenated alkanes) is 4. The number of pyridine rings is 1. The summed E-state index contributed by atoms with van der Waals surface area (Å²) in [6, 6.07) is 17.3. The lowest BCUT2D eigenvalue weighted by atomic mass is 10.1. The predicted molar refractivity (Wildman–Crippen MR) is 131 cm³/mol. The molecule has 0 aliphatic carbocycles. The maximum atomic E-state index is 2.32. The Morgan fingerprint density at radius 2 is 1.03 bits per heavy atom. The monoisotopic (exact) mass is 482 g/mol. The van der Waals surface area contributed by atoms with Gasteiger partial charge in [0.2, 0.25) is 0 Å². The summed E-state index contributed by atoms with van der Waals surface area (Å²) in [7, 11) is 0. The van der Waals surface area contributed by atoms with Gasteiger partial charge in [0.15, 0.2) is 12.4 Å². The van der Waals surface area contributed by atoms with Gasteiger partial charge in [0.05, 0.1) is 19.6 Å². The summed E-state index contributed by atoms with van der Waals surface area (Å²) >= 11 is 0. The lowest BCUT2D eigenvalue weighted by Crippen LogP contribution is -3.00. The average molecular weight is 484 g/mol. The van der Waals surface area contributed by atoms with Gasteiger partial charge in [-0.05, 0) is 19.3 Å². The highest BCUT2D eigenvalue weighted by molar-refractivity contribution is 5.13. The van der Waals surface area contributed by atoms with Crippen LogP contribution in [0.4, 0.5) is 0 Å². The van der Waals surface area contributed by atoms with Gasteiger partial charge in [-0.1, -0.05) is 89.8 Å². The van der Waals surface area contributed by atoms with Crippen LogP contribution >= 0.6 is 0 Å². The Labute approximate surface area is 211 Å². The van der Waals surface area contributed by atoms with Crippen LogP contribution in [0.5, 0.6) is 0 Å². The van der Waals surface area contributed by atoms with Gasteiger partial charge in [0, 0.05) is 24.1 Å². The van der Waals surface area contributed by atoms with Crippen LogP contribution in [0.25, 0.3) is 0 Å². The second-order valence-electron chi connectivity index (χ2n) is 8.68. The van der Waals surface area contributed by atoms with Crippen molar-refractivity contribution in [3.8, 4) is 0 Å². The minimum atomic E-state index is 0. The lowest BCUT2D eigenvalue weighted by Gasteiger charge is -2.39. The van der Waals surface area contributed by atoms with E-state index in [2.05, 4.69) is 87.1 Å². The van der Waals surface area contributed by atoms with Crippen LogP contribution in [0.2, 0.25) is 0 Å². The van der Waals surface area contributed by atoms with Crippen LogP contribution < -0.4 is 29.4 Å². The van der Waals surface area contributed by atoms with Crippen molar-refractivity contribution in [2.24, 2.45) is 0 Å². The van der Waals surface area contributed by atoms with Crippen LogP contribution in [0.1, 0.15) is 84.6 Å². The molecular weight excluding hydrogens is 435 g/mol. The zero-order valence-corrected chi connectivity index (χ0v) is 22.6. The zero-order chi connectivity index (χ0) is 21.9. The first-order chi connectivity index (χ1) is 14.7. The molecule has 0 saturated carbocycles. The molecule has 1 heterocycles. The highest BCUT2D eigenvalue weighted by Gasteiger charge is 2.26. The van der Waals surface area contributed by atoms with Crippen molar-refractivity contribution in [3.05, 3.63) is 66.5 Å². The molecule has 0 N–H and O–H groups in total. The van der Waals surface area contributed by atoms with Gasteiger partial charge in [-0.15, -0.1) is 0 Å². The van der Waals surface area contributed by atoms with E-state index in [1.807, 2.05) is 6.07 Å². The SMILES string of the molecule is CCCC[N+](CCCC)(CCCC)Cc1ccccc1.CCCC[n+]1ccccc1.[Cl-].[Cl-]. The number of benzene rings is 1. The Kier molecular flexibility index (Phi) is 22.5. The zero-order valence-electron chi connectivity index (χ0n) is 21.1. The van der Waals surface area contributed by atoms with Crippen molar-refractivity contribution >= 4 is 0 Å². The number of aryl methyl sites for hydroxylation is 1. The van der Waals surface area contributed by atoms with Gasteiger partial charge < -0.3 is 29.3 Å². The second kappa shape index (κ2) is 21.7. The van der Waals surface area contributed by atoms with Crippen LogP contribution in [0.3, 0.4) is 0 Å². The van der Waals surface area contributed by atoms with Crippen LogP contribution in [-0.2, 0) is 13.1 Å². The van der Waals surface area contributed by atoms with Gasteiger partial charge in [0.25, 0.3) is 0 Å². The second-order valence-corrected chi connectivity index (χ2v) is 8.68. The molecule has 0 aliphatic heterocycles. The summed E-state index contributed by atoms with van der Waals surface area (Å²) in [6.07, 6.45) is 14.8. The van der Waals surface area contributed by atoms with Gasteiger partial charge in [-0.3, -0.25) is 0 Å². The molecule has 1 aromatic carbocycles. The molecule has 0 spiro atoms. The van der Waals surface area contributed by atoms with E-state index in [0.717, 1.165) is 6.54 Å². The number of aromatic nitrogens is 1. The molecule has 184 valence electrons. The van der Waals surface area contributed by atoms with E-state index < -0.39 is 0 Å². The molecule has 4 heteroatoms. The van der Waals surface area contributed by atoms with Crippen LogP contribution in [-0.4, -0.2) is 24.1 Å². The Hall–Kier alpha value is -1.09. The number of halogens is 2. The largest absolute Gasteiger partial charge is 1.00 e. The quantitative estimate of drug-likeness (QED) is 0.281. The predicted octanol–water partition coefficient (Wildman–Crippen LogP) is 1.19. The van der Waals surface area contributed by atoms with Gasteiger partial charge in [0.1, 0.15) is 13.1 Å². The van der Waals surface area contributed by atoms with Gasteiger partial charge in [-0.25, -0.2) is 4.57 Å². The Balaban J connectivity index is 0. The lowest BCUT2D eigenvalue weighted by molar-refractivity contribution is -0.941. The van der Waals surface area contributed by atoms with Crippen LogP contribution in [0.15, 0.2) is 60.9 Å².